The summed E-state index contributed by atoms with van der Waals surface area (Å²) < 4.78 is 17.2. The Balaban J connectivity index is 1.52. The fourth-order valence-corrected chi connectivity index (χ4v) is 3.15. The third kappa shape index (κ3) is 5.10. The minimum atomic E-state index is -0.679. The fraction of sp³-hybridized carbons (Fsp3) is 0.700. The van der Waals surface area contributed by atoms with Crippen LogP contribution in [0.3, 0.4) is 0 Å². The van der Waals surface area contributed by atoms with Crippen molar-refractivity contribution >= 4 is 24.7 Å². The SMILES string of the molecule is CC(C)(C)OC(=O)NC1CC(NC(=O)c2cncc(B3OC(C)(C)C(C)(C)O3)n2)C1. The van der Waals surface area contributed by atoms with E-state index in [-0.39, 0.29) is 23.7 Å². The first kappa shape index (κ1) is 22.5. The van der Waals surface area contributed by atoms with Gasteiger partial charge < -0.3 is 24.7 Å². The highest BCUT2D eigenvalue weighted by Gasteiger charge is 2.52. The Kier molecular flexibility index (Phi) is 5.86. The van der Waals surface area contributed by atoms with Crippen molar-refractivity contribution in [1.29, 1.82) is 0 Å². The van der Waals surface area contributed by atoms with Crippen molar-refractivity contribution in [2.24, 2.45) is 0 Å². The minimum absolute atomic E-state index is 0.0210. The Labute approximate surface area is 177 Å². The number of nitrogens with zero attached hydrogens (tertiary/aromatic N) is 2. The first-order chi connectivity index (χ1) is 13.8. The average molecular weight is 418 g/mol. The molecular formula is C20H31BN4O5. The van der Waals surface area contributed by atoms with Crippen molar-refractivity contribution in [1.82, 2.24) is 20.6 Å². The van der Waals surface area contributed by atoms with E-state index in [0.717, 1.165) is 0 Å². The van der Waals surface area contributed by atoms with Crippen LogP contribution in [0.4, 0.5) is 4.79 Å². The van der Waals surface area contributed by atoms with Crippen LogP contribution in [0.2, 0.25) is 0 Å². The molecule has 1 aromatic rings. The lowest BCUT2D eigenvalue weighted by Gasteiger charge is -2.36. The van der Waals surface area contributed by atoms with E-state index in [1.165, 1.54) is 6.20 Å². The Hall–Kier alpha value is -2.20. The molecule has 0 unspecified atom stereocenters. The van der Waals surface area contributed by atoms with Crippen LogP contribution in [-0.4, -0.2) is 58.0 Å². The summed E-state index contributed by atoms with van der Waals surface area (Å²) in [5.41, 5.74) is -0.882. The van der Waals surface area contributed by atoms with E-state index in [1.54, 1.807) is 6.20 Å². The van der Waals surface area contributed by atoms with Crippen LogP contribution in [0.25, 0.3) is 0 Å². The van der Waals surface area contributed by atoms with E-state index in [9.17, 15) is 9.59 Å². The van der Waals surface area contributed by atoms with E-state index in [4.69, 9.17) is 14.0 Å². The molecule has 1 saturated carbocycles. The molecule has 2 N–H and O–H groups in total. The van der Waals surface area contributed by atoms with Gasteiger partial charge in [0.1, 0.15) is 11.3 Å². The molecule has 2 heterocycles. The quantitative estimate of drug-likeness (QED) is 0.714. The summed E-state index contributed by atoms with van der Waals surface area (Å²) in [6, 6.07) is -0.0629. The molecule has 0 radical (unpaired) electrons. The van der Waals surface area contributed by atoms with Crippen molar-refractivity contribution in [2.75, 3.05) is 0 Å². The van der Waals surface area contributed by atoms with Crippen molar-refractivity contribution < 1.29 is 23.6 Å². The number of amides is 2. The van der Waals surface area contributed by atoms with Gasteiger partial charge in [0.25, 0.3) is 5.91 Å². The number of hydrogen-bond donors (Lipinski definition) is 2. The Bertz CT molecular complexity index is 802. The second-order valence-electron chi connectivity index (χ2n) is 9.90. The zero-order valence-corrected chi connectivity index (χ0v) is 18.7. The first-order valence-electron chi connectivity index (χ1n) is 10.2. The van der Waals surface area contributed by atoms with Gasteiger partial charge in [-0.15, -0.1) is 0 Å². The number of carbonyl (C=O) groups is 2. The van der Waals surface area contributed by atoms with Crippen LogP contribution in [-0.2, 0) is 14.0 Å². The summed E-state index contributed by atoms with van der Waals surface area (Å²) in [6.45, 7) is 13.3. The highest BCUT2D eigenvalue weighted by atomic mass is 16.7. The molecule has 2 aliphatic rings. The molecule has 2 fully saturated rings. The molecule has 1 saturated heterocycles. The maximum atomic E-state index is 12.6. The first-order valence-corrected chi connectivity index (χ1v) is 10.2. The predicted octanol–water partition coefficient (Wildman–Crippen LogP) is 1.56. The molecule has 10 heteroatoms. The molecule has 9 nitrogen and oxygen atoms in total. The second kappa shape index (κ2) is 7.81. The molecule has 0 bridgehead atoms. The van der Waals surface area contributed by atoms with Gasteiger partial charge in [-0.05, 0) is 61.3 Å². The summed E-state index contributed by atoms with van der Waals surface area (Å²) in [5, 5.41) is 5.72. The number of alkyl carbamates (subject to hydrolysis) is 1. The number of nitrogens with one attached hydrogen (secondary N) is 2. The molecule has 0 spiro atoms. The lowest BCUT2D eigenvalue weighted by Crippen LogP contribution is -2.54. The predicted molar refractivity (Wildman–Crippen MR) is 111 cm³/mol. The highest BCUT2D eigenvalue weighted by molar-refractivity contribution is 6.61. The minimum Gasteiger partial charge on any atom is -0.444 e. The van der Waals surface area contributed by atoms with E-state index < -0.39 is 30.0 Å². The van der Waals surface area contributed by atoms with Gasteiger partial charge in [0.2, 0.25) is 0 Å². The van der Waals surface area contributed by atoms with Crippen molar-refractivity contribution in [3.8, 4) is 0 Å². The third-order valence-electron chi connectivity index (χ3n) is 5.57. The highest BCUT2D eigenvalue weighted by Crippen LogP contribution is 2.36. The Morgan fingerprint density at radius 1 is 1.07 bits per heavy atom. The maximum Gasteiger partial charge on any atom is 0.516 e. The lowest BCUT2D eigenvalue weighted by atomic mass is 9.85. The molecule has 0 atom stereocenters. The standard InChI is InChI=1S/C20H31BN4O5/c1-18(2,3)28-17(27)24-13-8-12(9-13)23-16(26)14-10-22-11-15(25-14)21-29-19(4,5)20(6,7)30-21/h10-13H,8-9H2,1-7H3,(H,23,26)(H,24,27). The summed E-state index contributed by atoms with van der Waals surface area (Å²) in [4.78, 5) is 32.9. The topological polar surface area (TPSA) is 112 Å². The normalized spacial score (nSPS) is 24.7. The van der Waals surface area contributed by atoms with Crippen molar-refractivity contribution in [3.05, 3.63) is 18.1 Å². The van der Waals surface area contributed by atoms with Gasteiger partial charge in [0.15, 0.2) is 0 Å². The summed E-state index contributed by atoms with van der Waals surface area (Å²) in [7, 11) is -0.679. The smallest absolute Gasteiger partial charge is 0.444 e. The summed E-state index contributed by atoms with van der Waals surface area (Å²) in [6.07, 6.45) is 3.78. The number of hydrogen-bond acceptors (Lipinski definition) is 7. The average Bonchev–Trinajstić information content (AvgIpc) is 2.79. The largest absolute Gasteiger partial charge is 0.516 e. The zero-order chi connectivity index (χ0) is 22.3. The number of rotatable bonds is 4. The molecule has 3 rings (SSSR count). The van der Waals surface area contributed by atoms with Gasteiger partial charge in [-0.1, -0.05) is 0 Å². The zero-order valence-electron chi connectivity index (χ0n) is 18.7. The van der Waals surface area contributed by atoms with E-state index in [1.807, 2.05) is 48.5 Å². The molecular weight excluding hydrogens is 387 g/mol. The van der Waals surface area contributed by atoms with Gasteiger partial charge in [0.05, 0.1) is 23.0 Å². The monoisotopic (exact) mass is 418 g/mol. The van der Waals surface area contributed by atoms with Crippen LogP contribution < -0.4 is 16.2 Å². The van der Waals surface area contributed by atoms with E-state index >= 15 is 0 Å². The van der Waals surface area contributed by atoms with Gasteiger partial charge in [0, 0.05) is 18.3 Å². The summed E-state index contributed by atoms with van der Waals surface area (Å²) >= 11 is 0. The Morgan fingerprint density at radius 3 is 2.20 bits per heavy atom. The van der Waals surface area contributed by atoms with Crippen LogP contribution >= 0.6 is 0 Å². The fourth-order valence-electron chi connectivity index (χ4n) is 3.15. The molecule has 0 aromatic carbocycles. The van der Waals surface area contributed by atoms with Crippen LogP contribution in [0.5, 0.6) is 0 Å². The van der Waals surface area contributed by atoms with E-state index in [2.05, 4.69) is 20.6 Å². The maximum absolute atomic E-state index is 12.6. The van der Waals surface area contributed by atoms with Gasteiger partial charge in [-0.25, -0.2) is 9.78 Å². The van der Waals surface area contributed by atoms with Gasteiger partial charge in [-0.3, -0.25) is 9.78 Å². The molecule has 1 aromatic heterocycles. The lowest BCUT2D eigenvalue weighted by molar-refractivity contribution is 0.00578. The summed E-state index contributed by atoms with van der Waals surface area (Å²) in [5.74, 6) is -0.318. The van der Waals surface area contributed by atoms with Crippen LogP contribution in [0.15, 0.2) is 12.4 Å². The second-order valence-corrected chi connectivity index (χ2v) is 9.90. The number of ether oxygens (including phenoxy) is 1. The number of aromatic nitrogens is 2. The van der Waals surface area contributed by atoms with Gasteiger partial charge in [-0.2, -0.15) is 0 Å². The molecule has 1 aliphatic heterocycles. The number of carbonyl (C=O) groups excluding carboxylic acids is 2. The third-order valence-corrected chi connectivity index (χ3v) is 5.57. The van der Waals surface area contributed by atoms with Gasteiger partial charge >= 0.3 is 13.2 Å². The molecule has 1 aliphatic carbocycles. The van der Waals surface area contributed by atoms with E-state index in [0.29, 0.717) is 18.4 Å². The molecule has 2 amide bonds. The van der Waals surface area contributed by atoms with Crippen LogP contribution in [0.1, 0.15) is 71.8 Å². The Morgan fingerprint density at radius 2 is 1.63 bits per heavy atom. The molecule has 30 heavy (non-hydrogen) atoms. The van der Waals surface area contributed by atoms with Crippen LogP contribution in [0, 0.1) is 0 Å². The van der Waals surface area contributed by atoms with Crippen molar-refractivity contribution in [2.45, 2.75) is 90.2 Å². The van der Waals surface area contributed by atoms with Crippen molar-refractivity contribution in [3.63, 3.8) is 0 Å². The molecule has 164 valence electrons.